The van der Waals surface area contributed by atoms with Crippen LogP contribution in [-0.4, -0.2) is 42.7 Å². The molecule has 0 spiro atoms. The molecule has 0 heterocycles. The summed E-state index contributed by atoms with van der Waals surface area (Å²) < 4.78 is 10.9. The van der Waals surface area contributed by atoms with Crippen LogP contribution in [0.2, 0.25) is 13.3 Å². The molecule has 0 saturated carbocycles. The van der Waals surface area contributed by atoms with Gasteiger partial charge in [0.25, 0.3) is 0 Å². The van der Waals surface area contributed by atoms with Gasteiger partial charge in [0, 0.05) is 0 Å². The van der Waals surface area contributed by atoms with E-state index in [1.807, 2.05) is 25.2 Å². The van der Waals surface area contributed by atoms with Gasteiger partial charge in [0.1, 0.15) is 0 Å². The molecule has 0 fully saturated rings. The first-order chi connectivity index (χ1) is 15.3. The zero-order chi connectivity index (χ0) is 24.2. The summed E-state index contributed by atoms with van der Waals surface area (Å²) in [6, 6.07) is 0. The summed E-state index contributed by atoms with van der Waals surface area (Å²) in [4.78, 5) is 11.2. The number of carbonyl (C=O) groups excluding carboxylic acids is 1. The van der Waals surface area contributed by atoms with E-state index in [2.05, 4.69) is 50.7 Å². The van der Waals surface area contributed by atoms with Crippen molar-refractivity contribution in [3.8, 4) is 0 Å². The van der Waals surface area contributed by atoms with Crippen LogP contribution in [0.25, 0.3) is 0 Å². The molecule has 32 heavy (non-hydrogen) atoms. The molecule has 0 aromatic heterocycles. The molecule has 184 valence electrons. The van der Waals surface area contributed by atoms with Crippen molar-refractivity contribution in [1.82, 2.24) is 0 Å². The van der Waals surface area contributed by atoms with E-state index in [1.165, 1.54) is 58.9 Å². The topological polar surface area (TPSA) is 46.5 Å². The Morgan fingerprint density at radius 3 is 1.97 bits per heavy atom. The number of carbonyl (C=O) groups is 1. The van der Waals surface area contributed by atoms with E-state index in [0.717, 1.165) is 5.57 Å². The van der Waals surface area contributed by atoms with E-state index in [1.54, 1.807) is 3.59 Å². The molecule has 0 unspecified atom stereocenters. The molecule has 0 aromatic rings. The van der Waals surface area contributed by atoms with Crippen LogP contribution in [0.15, 0.2) is 45.6 Å². The quantitative estimate of drug-likeness (QED) is 0.0808. The molecular weight excluding hydrogens is 503 g/mol. The van der Waals surface area contributed by atoms with Crippen LogP contribution in [0, 0.1) is 0 Å². The number of unbranched alkanes of at least 4 members (excludes halogenated alkanes) is 3. The van der Waals surface area contributed by atoms with E-state index in [0.29, 0.717) is 19.3 Å². The number of ether oxygens (including phenoxy) is 1. The molecule has 0 amide bonds. The van der Waals surface area contributed by atoms with Crippen molar-refractivity contribution < 1.29 is 14.6 Å². The van der Waals surface area contributed by atoms with Crippen LogP contribution in [0.5, 0.6) is 0 Å². The Balaban J connectivity index is 4.93. The average molecular weight is 553 g/mol. The molecule has 1 atom stereocenters. The molecule has 0 radical (unpaired) electrons. The Morgan fingerprint density at radius 1 is 0.906 bits per heavy atom. The van der Waals surface area contributed by atoms with Crippen molar-refractivity contribution >= 4 is 24.3 Å². The van der Waals surface area contributed by atoms with Gasteiger partial charge in [0.2, 0.25) is 0 Å². The van der Waals surface area contributed by atoms with Crippen molar-refractivity contribution in [3.63, 3.8) is 0 Å². The summed E-state index contributed by atoms with van der Waals surface area (Å²) in [5.74, 6) is -0.214. The molecule has 0 rings (SSSR count). The number of hydrogen-bond donors (Lipinski definition) is 1. The minimum atomic E-state index is -2.26. The van der Waals surface area contributed by atoms with Crippen LogP contribution in [0.1, 0.15) is 92.4 Å². The van der Waals surface area contributed by atoms with Gasteiger partial charge in [-0.1, -0.05) is 0 Å². The maximum atomic E-state index is 11.2. The van der Waals surface area contributed by atoms with Crippen LogP contribution in [-0.2, 0) is 9.53 Å². The second kappa shape index (κ2) is 19.6. The van der Waals surface area contributed by atoms with Gasteiger partial charge in [0.15, 0.2) is 0 Å². The molecule has 0 aliphatic rings. The molecule has 0 aliphatic carbocycles. The number of aliphatic hydroxyl groups excluding tert-OH is 1. The Bertz CT molecular complexity index is 594. The molecule has 3 nitrogen and oxygen atoms in total. The monoisotopic (exact) mass is 554 g/mol. The molecule has 0 aliphatic heterocycles. The Hall–Kier alpha value is -0.811. The molecular formula is C28H50O3Sn. The summed E-state index contributed by atoms with van der Waals surface area (Å²) in [7, 11) is 1.40. The number of esters is 1. The number of allylic oxidation sites excluding steroid dienone is 6. The second-order valence-corrected chi connectivity index (χ2v) is 23.0. The maximum absolute atomic E-state index is 11.2. The Labute approximate surface area is 203 Å². The molecule has 0 aromatic carbocycles. The van der Waals surface area contributed by atoms with Gasteiger partial charge in [-0.15, -0.1) is 0 Å². The SMILES string of the molecule is CCC[CH2][Sn]([CH2]CCC)([CH2]CCC)/[C](C)=C/C=C/C=C/C[C@H](O)/C=C(\C)CCC(=O)OC. The zero-order valence-electron chi connectivity index (χ0n) is 21.8. The summed E-state index contributed by atoms with van der Waals surface area (Å²) in [5, 5.41) is 10.2. The van der Waals surface area contributed by atoms with Gasteiger partial charge in [-0.05, 0) is 0 Å². The van der Waals surface area contributed by atoms with Crippen molar-refractivity contribution in [1.29, 1.82) is 0 Å². The molecule has 0 saturated heterocycles. The number of rotatable bonds is 18. The molecule has 0 bridgehead atoms. The summed E-state index contributed by atoms with van der Waals surface area (Å²) in [6.07, 6.45) is 21.7. The van der Waals surface area contributed by atoms with Crippen molar-refractivity contribution in [3.05, 3.63) is 45.6 Å². The Kier molecular flexibility index (Phi) is 19.1. The van der Waals surface area contributed by atoms with Gasteiger partial charge in [-0.3, -0.25) is 4.79 Å². The predicted octanol–water partition coefficient (Wildman–Crippen LogP) is 8.08. The smallest absolute Gasteiger partial charge is 0.469 e. The summed E-state index contributed by atoms with van der Waals surface area (Å²) in [6.45, 7) is 11.3. The molecule has 4 heteroatoms. The van der Waals surface area contributed by atoms with Crippen LogP contribution in [0.4, 0.5) is 0 Å². The number of hydrogen-bond acceptors (Lipinski definition) is 3. The van der Waals surface area contributed by atoms with Crippen molar-refractivity contribution in [2.45, 2.75) is 112 Å². The normalized spacial score (nSPS) is 14.5. The van der Waals surface area contributed by atoms with Crippen LogP contribution < -0.4 is 0 Å². The minimum absolute atomic E-state index is 0.214. The van der Waals surface area contributed by atoms with E-state index < -0.39 is 24.5 Å². The fourth-order valence-electron chi connectivity index (χ4n) is 4.13. The van der Waals surface area contributed by atoms with Crippen molar-refractivity contribution in [2.75, 3.05) is 7.11 Å². The van der Waals surface area contributed by atoms with Crippen LogP contribution in [0.3, 0.4) is 0 Å². The second-order valence-electron chi connectivity index (χ2n) is 9.15. The van der Waals surface area contributed by atoms with Gasteiger partial charge >= 0.3 is 187 Å². The number of aliphatic hydroxyl groups is 1. The third-order valence-electron chi connectivity index (χ3n) is 6.37. The third-order valence-corrected chi connectivity index (χ3v) is 22.8. The van der Waals surface area contributed by atoms with E-state index in [4.69, 9.17) is 0 Å². The number of methoxy groups -OCH3 is 1. The zero-order valence-corrected chi connectivity index (χ0v) is 24.6. The van der Waals surface area contributed by atoms with Gasteiger partial charge < -0.3 is 4.74 Å². The fourth-order valence-corrected chi connectivity index (χ4v) is 19.8. The first kappa shape index (κ1) is 31.2. The van der Waals surface area contributed by atoms with E-state index >= 15 is 0 Å². The summed E-state index contributed by atoms with van der Waals surface area (Å²) >= 11 is -2.26. The van der Waals surface area contributed by atoms with Crippen LogP contribution >= 0.6 is 0 Å². The standard InChI is InChI=1S/C16H23O3.3C4H9.Sn/c1-4-5-6-7-8-9-10-15(17)13-14(2)11-12-16(18)19-3;3*1-3-4-2;/h5-9,13,15,17H,10-12H2,1-3H3;3*1,3-4H2,2H3;/b5-4?,7-6+,9-8+,14-13+;;;;/t15-;;;;/m0..../s1. The third kappa shape index (κ3) is 14.4. The minimum Gasteiger partial charge on any atom is -0.469 e. The summed E-state index contributed by atoms with van der Waals surface area (Å²) in [5.41, 5.74) is 1.01. The molecule has 1 N–H and O–H groups in total. The van der Waals surface area contributed by atoms with Crippen molar-refractivity contribution in [2.24, 2.45) is 0 Å². The van der Waals surface area contributed by atoms with Gasteiger partial charge in [-0.2, -0.15) is 0 Å². The van der Waals surface area contributed by atoms with E-state index in [-0.39, 0.29) is 5.97 Å². The first-order valence-electron chi connectivity index (χ1n) is 12.8. The average Bonchev–Trinajstić information content (AvgIpc) is 2.79. The van der Waals surface area contributed by atoms with Gasteiger partial charge in [-0.25, -0.2) is 0 Å². The first-order valence-corrected chi connectivity index (χ1v) is 20.3. The Morgan fingerprint density at radius 2 is 1.47 bits per heavy atom. The predicted molar refractivity (Wildman–Crippen MR) is 143 cm³/mol. The van der Waals surface area contributed by atoms with E-state index in [9.17, 15) is 9.90 Å². The fraction of sp³-hybridized carbons (Fsp3) is 0.679. The van der Waals surface area contributed by atoms with Gasteiger partial charge in [0.05, 0.1) is 7.11 Å².